The van der Waals surface area contributed by atoms with E-state index in [2.05, 4.69) is 26.0 Å². The Morgan fingerprint density at radius 1 is 0.341 bits per heavy atom. The maximum atomic E-state index is 11.8. The van der Waals surface area contributed by atoms with Crippen LogP contribution in [-0.4, -0.2) is 19.4 Å². The van der Waals surface area contributed by atoms with Gasteiger partial charge in [-0.2, -0.15) is 0 Å². The van der Waals surface area contributed by atoms with Gasteiger partial charge in [0.05, 0.1) is 13.2 Å². The smallest absolute Gasteiger partial charge is 0.434 e. The van der Waals surface area contributed by atoms with Crippen LogP contribution in [0.3, 0.4) is 0 Å². The third kappa shape index (κ3) is 39.0. The molecule has 3 nitrogen and oxygen atoms in total. The number of allylic oxidation sites excluding steroid dienone is 2. The number of carbonyl (C=O) groups excluding carboxylic acids is 1. The Morgan fingerprint density at radius 3 is 0.841 bits per heavy atom. The molecular formula is C41H80O3. The zero-order valence-electron chi connectivity index (χ0n) is 30.3. The number of carbonyl (C=O) groups is 1. The van der Waals surface area contributed by atoms with E-state index in [1.165, 1.54) is 193 Å². The first-order chi connectivity index (χ1) is 21.8. The second kappa shape index (κ2) is 40.0. The summed E-state index contributed by atoms with van der Waals surface area (Å²) in [5.74, 6) is 0. The van der Waals surface area contributed by atoms with Gasteiger partial charge in [-0.05, 0) is 38.5 Å². The zero-order valence-corrected chi connectivity index (χ0v) is 30.3. The van der Waals surface area contributed by atoms with Crippen molar-refractivity contribution in [2.24, 2.45) is 0 Å². The summed E-state index contributed by atoms with van der Waals surface area (Å²) in [5, 5.41) is 0. The minimum absolute atomic E-state index is 0.473. The van der Waals surface area contributed by atoms with Crippen LogP contribution < -0.4 is 0 Å². The third-order valence-corrected chi connectivity index (χ3v) is 9.09. The fraction of sp³-hybridized carbons (Fsp3) is 0.927. The first-order valence-electron chi connectivity index (χ1n) is 20.3. The monoisotopic (exact) mass is 621 g/mol. The molecule has 0 spiro atoms. The van der Waals surface area contributed by atoms with E-state index in [1.807, 2.05) is 0 Å². The minimum Gasteiger partial charge on any atom is -0.434 e. The topological polar surface area (TPSA) is 35.5 Å². The van der Waals surface area contributed by atoms with E-state index in [0.717, 1.165) is 25.7 Å². The fourth-order valence-electron chi connectivity index (χ4n) is 6.06. The van der Waals surface area contributed by atoms with Crippen LogP contribution in [0.5, 0.6) is 0 Å². The minimum atomic E-state index is -0.473. The van der Waals surface area contributed by atoms with Crippen LogP contribution in [0.1, 0.15) is 232 Å². The summed E-state index contributed by atoms with van der Waals surface area (Å²) in [7, 11) is 0. The van der Waals surface area contributed by atoms with Gasteiger partial charge in [-0.25, -0.2) is 4.79 Å². The molecule has 0 aromatic heterocycles. The van der Waals surface area contributed by atoms with E-state index in [9.17, 15) is 4.79 Å². The van der Waals surface area contributed by atoms with Crippen molar-refractivity contribution in [2.75, 3.05) is 13.2 Å². The normalized spacial score (nSPS) is 11.5. The van der Waals surface area contributed by atoms with Gasteiger partial charge in [-0.3, -0.25) is 0 Å². The van der Waals surface area contributed by atoms with Gasteiger partial charge >= 0.3 is 6.16 Å². The molecule has 0 saturated carbocycles. The van der Waals surface area contributed by atoms with Gasteiger partial charge in [-0.1, -0.05) is 206 Å². The highest BCUT2D eigenvalue weighted by atomic mass is 16.7. The first-order valence-corrected chi connectivity index (χ1v) is 20.3. The second-order valence-electron chi connectivity index (χ2n) is 13.6. The molecular weight excluding hydrogens is 540 g/mol. The summed E-state index contributed by atoms with van der Waals surface area (Å²) in [6.45, 7) is 5.58. The Balaban J connectivity index is 3.17. The molecule has 3 heteroatoms. The van der Waals surface area contributed by atoms with Crippen molar-refractivity contribution in [2.45, 2.75) is 232 Å². The summed E-state index contributed by atoms with van der Waals surface area (Å²) < 4.78 is 10.5. The Hall–Kier alpha value is -0.990. The average molecular weight is 621 g/mol. The van der Waals surface area contributed by atoms with E-state index in [-0.39, 0.29) is 0 Å². The summed E-state index contributed by atoms with van der Waals surface area (Å²) in [6, 6.07) is 0. The largest absolute Gasteiger partial charge is 0.508 e. The quantitative estimate of drug-likeness (QED) is 0.0394. The number of ether oxygens (including phenoxy) is 2. The van der Waals surface area contributed by atoms with Crippen LogP contribution in [-0.2, 0) is 9.47 Å². The van der Waals surface area contributed by atoms with Crippen molar-refractivity contribution < 1.29 is 14.3 Å². The van der Waals surface area contributed by atoms with Gasteiger partial charge in [0.25, 0.3) is 0 Å². The first kappa shape index (κ1) is 43.0. The van der Waals surface area contributed by atoms with Crippen LogP contribution in [0, 0.1) is 0 Å². The molecule has 0 aliphatic carbocycles. The highest BCUT2D eigenvalue weighted by Gasteiger charge is 2.03. The Labute approximate surface area is 277 Å². The number of unbranched alkanes of at least 4 members (excludes halogenated alkanes) is 31. The van der Waals surface area contributed by atoms with Crippen molar-refractivity contribution in [3.63, 3.8) is 0 Å². The number of rotatable bonds is 37. The number of hydrogen-bond donors (Lipinski definition) is 0. The molecule has 0 aromatic rings. The van der Waals surface area contributed by atoms with Gasteiger partial charge in [0.15, 0.2) is 0 Å². The molecule has 44 heavy (non-hydrogen) atoms. The van der Waals surface area contributed by atoms with Gasteiger partial charge in [-0.15, -0.1) is 0 Å². The predicted molar refractivity (Wildman–Crippen MR) is 195 cm³/mol. The molecule has 0 saturated heterocycles. The second-order valence-corrected chi connectivity index (χ2v) is 13.6. The van der Waals surface area contributed by atoms with Crippen LogP contribution >= 0.6 is 0 Å². The molecule has 0 radical (unpaired) electrons. The van der Waals surface area contributed by atoms with Crippen molar-refractivity contribution >= 4 is 6.16 Å². The lowest BCUT2D eigenvalue weighted by Crippen LogP contribution is -2.09. The molecule has 0 heterocycles. The average Bonchev–Trinajstić information content (AvgIpc) is 3.03. The summed E-state index contributed by atoms with van der Waals surface area (Å²) in [4.78, 5) is 11.8. The summed E-state index contributed by atoms with van der Waals surface area (Å²) in [5.41, 5.74) is 0. The lowest BCUT2D eigenvalue weighted by molar-refractivity contribution is 0.0529. The molecule has 0 amide bonds. The van der Waals surface area contributed by atoms with Gasteiger partial charge in [0.2, 0.25) is 0 Å². The van der Waals surface area contributed by atoms with Crippen LogP contribution in [0.25, 0.3) is 0 Å². The van der Waals surface area contributed by atoms with E-state index >= 15 is 0 Å². The molecule has 0 fully saturated rings. The maximum absolute atomic E-state index is 11.8. The van der Waals surface area contributed by atoms with Gasteiger partial charge in [0.1, 0.15) is 0 Å². The van der Waals surface area contributed by atoms with E-state index in [0.29, 0.717) is 13.2 Å². The van der Waals surface area contributed by atoms with Crippen molar-refractivity contribution in [3.8, 4) is 0 Å². The lowest BCUT2D eigenvalue weighted by Gasteiger charge is -2.07. The van der Waals surface area contributed by atoms with Crippen molar-refractivity contribution in [1.29, 1.82) is 0 Å². The van der Waals surface area contributed by atoms with Crippen molar-refractivity contribution in [3.05, 3.63) is 12.2 Å². The standard InChI is InChI=1S/C41H80O3/c1-3-5-7-9-11-13-15-17-19-21-22-23-24-26-28-30-32-34-36-38-40-44-41(42)43-39-37-35-33-31-29-27-25-20-18-16-14-12-10-8-6-4-2/h17,19H,3-16,18,20-40H2,1-2H3. The molecule has 0 unspecified atom stereocenters. The maximum Gasteiger partial charge on any atom is 0.508 e. The van der Waals surface area contributed by atoms with E-state index < -0.39 is 6.16 Å². The van der Waals surface area contributed by atoms with E-state index in [4.69, 9.17) is 9.47 Å². The molecule has 0 atom stereocenters. The zero-order chi connectivity index (χ0) is 31.9. The molecule has 0 aliphatic rings. The Kier molecular flexibility index (Phi) is 39.1. The lowest BCUT2D eigenvalue weighted by atomic mass is 10.0. The predicted octanol–water partition coefficient (Wildman–Crippen LogP) is 15.0. The highest BCUT2D eigenvalue weighted by Crippen LogP contribution is 2.15. The molecule has 0 bridgehead atoms. The molecule has 0 aliphatic heterocycles. The summed E-state index contributed by atoms with van der Waals surface area (Å²) in [6.07, 6.45) is 49.8. The highest BCUT2D eigenvalue weighted by molar-refractivity contribution is 5.59. The SMILES string of the molecule is CCCCCCCCC=CCCCCCCCCCCCCOC(=O)OCCCCCCCCCCCCCCCCCC. The summed E-state index contributed by atoms with van der Waals surface area (Å²) >= 11 is 0. The van der Waals surface area contributed by atoms with Crippen LogP contribution in [0.15, 0.2) is 12.2 Å². The Bertz CT molecular complexity index is 558. The van der Waals surface area contributed by atoms with Crippen LogP contribution in [0.4, 0.5) is 4.79 Å². The van der Waals surface area contributed by atoms with E-state index in [1.54, 1.807) is 0 Å². The number of hydrogen-bond acceptors (Lipinski definition) is 3. The van der Waals surface area contributed by atoms with Crippen molar-refractivity contribution in [1.82, 2.24) is 0 Å². The fourth-order valence-corrected chi connectivity index (χ4v) is 6.06. The molecule has 262 valence electrons. The molecule has 0 aromatic carbocycles. The molecule has 0 N–H and O–H groups in total. The third-order valence-electron chi connectivity index (χ3n) is 9.09. The molecule has 0 rings (SSSR count). The van der Waals surface area contributed by atoms with Gasteiger partial charge in [0, 0.05) is 0 Å². The Morgan fingerprint density at radius 2 is 0.568 bits per heavy atom. The van der Waals surface area contributed by atoms with Gasteiger partial charge < -0.3 is 9.47 Å². The van der Waals surface area contributed by atoms with Crippen LogP contribution in [0.2, 0.25) is 0 Å².